The van der Waals surface area contributed by atoms with Gasteiger partial charge in [0.2, 0.25) is 0 Å². The van der Waals surface area contributed by atoms with Crippen LogP contribution in [0.3, 0.4) is 0 Å². The second-order valence-electron chi connectivity index (χ2n) is 12.0. The van der Waals surface area contributed by atoms with Gasteiger partial charge in [-0.15, -0.1) is 0 Å². The minimum Gasteiger partial charge on any atom is -0.466 e. The molecule has 0 aromatic carbocycles. The average Bonchev–Trinajstić information content (AvgIpc) is 2.93. The molecule has 1 N–H and O–H groups in total. The van der Waals surface area contributed by atoms with Crippen LogP contribution in [0.25, 0.3) is 0 Å². The fourth-order valence-corrected chi connectivity index (χ4v) is 5.20. The first kappa shape index (κ1) is 40.6. The van der Waals surface area contributed by atoms with Crippen LogP contribution in [0.4, 0.5) is 0 Å². The Labute approximate surface area is 247 Å². The van der Waals surface area contributed by atoms with Gasteiger partial charge in [0.15, 0.2) is 0 Å². The van der Waals surface area contributed by atoms with E-state index < -0.39 is 0 Å². The van der Waals surface area contributed by atoms with Crippen LogP contribution in [0.5, 0.6) is 0 Å². The highest BCUT2D eigenvalue weighted by molar-refractivity contribution is 5.69. The molecule has 0 radical (unpaired) electrons. The maximum absolute atomic E-state index is 11.9. The molecule has 3 nitrogen and oxygen atoms in total. The molecule has 0 heterocycles. The van der Waals surface area contributed by atoms with Crippen LogP contribution < -0.4 is 5.32 Å². The molecule has 0 aromatic rings. The van der Waals surface area contributed by atoms with E-state index in [0.29, 0.717) is 13.0 Å². The smallest absolute Gasteiger partial charge is 0.305 e. The molecule has 0 saturated carbocycles. The zero-order valence-corrected chi connectivity index (χ0v) is 27.7. The Morgan fingerprint density at radius 3 is 0.923 bits per heavy atom. The zero-order chi connectivity index (χ0) is 28.9. The molecule has 39 heavy (non-hydrogen) atoms. The molecule has 0 aliphatic carbocycles. The second kappa shape index (κ2) is 39.6. The molecule has 0 saturated heterocycles. The molecule has 0 spiro atoms. The average molecular weight is 554 g/mol. The third-order valence-corrected chi connectivity index (χ3v) is 7.75. The highest BCUT2D eigenvalue weighted by Gasteiger charge is 2.03. The summed E-state index contributed by atoms with van der Waals surface area (Å²) in [7, 11) is 3.75. The van der Waals surface area contributed by atoms with Crippen LogP contribution in [0, 0.1) is 0 Å². The van der Waals surface area contributed by atoms with Crippen molar-refractivity contribution in [1.29, 1.82) is 0 Å². The third kappa shape index (κ3) is 42.0. The molecule has 0 aromatic heterocycles. The molecule has 0 fully saturated rings. The second-order valence-corrected chi connectivity index (χ2v) is 12.0. The molecule has 0 aliphatic rings. The fraction of sp³-hybridized carbons (Fsp3) is 0.972. The van der Waals surface area contributed by atoms with Crippen molar-refractivity contribution in [2.75, 3.05) is 20.7 Å². The van der Waals surface area contributed by atoms with Crippen molar-refractivity contribution < 1.29 is 9.53 Å². The van der Waals surface area contributed by atoms with Gasteiger partial charge in [0, 0.05) is 6.42 Å². The van der Waals surface area contributed by atoms with Gasteiger partial charge in [-0.25, -0.2) is 0 Å². The lowest BCUT2D eigenvalue weighted by molar-refractivity contribution is -0.143. The van der Waals surface area contributed by atoms with E-state index in [4.69, 9.17) is 4.74 Å². The predicted octanol–water partition coefficient (Wildman–Crippen LogP) is 12.1. The summed E-state index contributed by atoms with van der Waals surface area (Å²) < 4.78 is 5.43. The summed E-state index contributed by atoms with van der Waals surface area (Å²) in [6.45, 7) is 5.21. The Hall–Kier alpha value is -0.570. The van der Waals surface area contributed by atoms with Crippen LogP contribution in [0.15, 0.2) is 0 Å². The monoisotopic (exact) mass is 554 g/mol. The molecule has 0 unspecified atom stereocenters. The summed E-state index contributed by atoms with van der Waals surface area (Å²) in [6, 6.07) is 0. The summed E-state index contributed by atoms with van der Waals surface area (Å²) in [5.41, 5.74) is 0. The van der Waals surface area contributed by atoms with Gasteiger partial charge >= 0.3 is 5.97 Å². The van der Waals surface area contributed by atoms with Crippen molar-refractivity contribution in [2.24, 2.45) is 0 Å². The number of nitrogens with one attached hydrogen (secondary N) is 1. The molecule has 0 rings (SSSR count). The largest absolute Gasteiger partial charge is 0.466 e. The first-order chi connectivity index (χ1) is 19.2. The normalized spacial score (nSPS) is 10.9. The summed E-state index contributed by atoms with van der Waals surface area (Å²) in [4.78, 5) is 11.9. The van der Waals surface area contributed by atoms with Crippen molar-refractivity contribution in [1.82, 2.24) is 5.32 Å². The number of unbranched alkanes of at least 4 members (excludes halogenated alkanes) is 27. The minimum atomic E-state index is 0.0272. The summed E-state index contributed by atoms with van der Waals surface area (Å²) in [5.74, 6) is 0.0272. The van der Waals surface area contributed by atoms with Gasteiger partial charge in [0.1, 0.15) is 0 Å². The van der Waals surface area contributed by atoms with E-state index in [0.717, 1.165) is 12.8 Å². The molecule has 0 atom stereocenters. The zero-order valence-electron chi connectivity index (χ0n) is 27.7. The van der Waals surface area contributed by atoms with Gasteiger partial charge in [0.05, 0.1) is 6.61 Å². The Morgan fingerprint density at radius 2 is 0.641 bits per heavy atom. The molecule has 0 bridgehead atoms. The number of esters is 1. The highest BCUT2D eigenvalue weighted by atomic mass is 16.5. The standard InChI is InChI=1S/C34H68O2.C2H7N/c1-3-5-7-9-11-13-15-17-19-20-22-24-26-28-30-32-34(35)36-33-31-29-27-25-23-21-18-16-14-12-10-8-6-4-2;1-3-2/h3-33H2,1-2H3;3H,1-2H3. The van der Waals surface area contributed by atoms with E-state index in [2.05, 4.69) is 19.2 Å². The Morgan fingerprint density at radius 1 is 0.410 bits per heavy atom. The number of rotatable bonds is 31. The first-order valence-electron chi connectivity index (χ1n) is 18.0. The molecule has 3 heteroatoms. The van der Waals surface area contributed by atoms with Gasteiger partial charge in [-0.2, -0.15) is 0 Å². The van der Waals surface area contributed by atoms with Crippen molar-refractivity contribution >= 4 is 5.97 Å². The maximum Gasteiger partial charge on any atom is 0.305 e. The fourth-order valence-electron chi connectivity index (χ4n) is 5.20. The third-order valence-electron chi connectivity index (χ3n) is 7.75. The number of ether oxygens (including phenoxy) is 1. The van der Waals surface area contributed by atoms with Crippen molar-refractivity contribution in [2.45, 2.75) is 206 Å². The topological polar surface area (TPSA) is 38.3 Å². The van der Waals surface area contributed by atoms with Crippen LogP contribution in [0.1, 0.15) is 206 Å². The van der Waals surface area contributed by atoms with E-state index in [1.807, 2.05) is 14.1 Å². The first-order valence-corrected chi connectivity index (χ1v) is 18.0. The van der Waals surface area contributed by atoms with E-state index >= 15 is 0 Å². The van der Waals surface area contributed by atoms with Crippen LogP contribution in [-0.4, -0.2) is 26.7 Å². The number of carbonyl (C=O) groups is 1. The van der Waals surface area contributed by atoms with Crippen molar-refractivity contribution in [3.05, 3.63) is 0 Å². The van der Waals surface area contributed by atoms with E-state index in [1.165, 1.54) is 173 Å². The summed E-state index contributed by atoms with van der Waals surface area (Å²) in [5, 5.41) is 2.75. The van der Waals surface area contributed by atoms with Crippen LogP contribution in [0.2, 0.25) is 0 Å². The minimum absolute atomic E-state index is 0.0272. The van der Waals surface area contributed by atoms with E-state index in [1.54, 1.807) is 0 Å². The van der Waals surface area contributed by atoms with Gasteiger partial charge < -0.3 is 10.1 Å². The Bertz CT molecular complexity index is 390. The van der Waals surface area contributed by atoms with E-state index in [-0.39, 0.29) is 5.97 Å². The van der Waals surface area contributed by atoms with Crippen LogP contribution >= 0.6 is 0 Å². The quantitative estimate of drug-likeness (QED) is 0.0685. The SMILES string of the molecule is CCCCCCCCCCCCCCCCCC(=O)OCCCCCCCCCCCCCCCC.CNC. The predicted molar refractivity (Wildman–Crippen MR) is 176 cm³/mol. The lowest BCUT2D eigenvalue weighted by Gasteiger charge is -2.06. The van der Waals surface area contributed by atoms with Crippen LogP contribution in [-0.2, 0) is 9.53 Å². The van der Waals surface area contributed by atoms with Gasteiger partial charge in [-0.3, -0.25) is 4.79 Å². The lowest BCUT2D eigenvalue weighted by Crippen LogP contribution is -2.05. The van der Waals surface area contributed by atoms with Gasteiger partial charge in [-0.1, -0.05) is 187 Å². The molecule has 0 amide bonds. The maximum atomic E-state index is 11.9. The van der Waals surface area contributed by atoms with Crippen molar-refractivity contribution in [3.8, 4) is 0 Å². The number of carbonyl (C=O) groups excluding carboxylic acids is 1. The molecular weight excluding hydrogens is 478 g/mol. The Balaban J connectivity index is 0. The van der Waals surface area contributed by atoms with E-state index in [9.17, 15) is 4.79 Å². The molecule has 236 valence electrons. The summed E-state index contributed by atoms with van der Waals surface area (Å²) in [6.07, 6.45) is 40.1. The van der Waals surface area contributed by atoms with Crippen molar-refractivity contribution in [3.63, 3.8) is 0 Å². The lowest BCUT2D eigenvalue weighted by atomic mass is 10.0. The highest BCUT2D eigenvalue weighted by Crippen LogP contribution is 2.15. The number of hydrogen-bond acceptors (Lipinski definition) is 3. The van der Waals surface area contributed by atoms with Gasteiger partial charge in [-0.05, 0) is 26.9 Å². The number of hydrogen-bond donors (Lipinski definition) is 1. The Kier molecular flexibility index (Phi) is 41.2. The molecular formula is C36H75NO2. The summed E-state index contributed by atoms with van der Waals surface area (Å²) >= 11 is 0. The van der Waals surface area contributed by atoms with Gasteiger partial charge in [0.25, 0.3) is 0 Å². The molecule has 0 aliphatic heterocycles.